The molecule has 0 aliphatic carbocycles. The van der Waals surface area contributed by atoms with E-state index in [1.165, 1.54) is 0 Å². The molecule has 0 rings (SSSR count). The first kappa shape index (κ1) is 24.9. The van der Waals surface area contributed by atoms with E-state index in [9.17, 15) is 0 Å². The first-order valence-electron chi connectivity index (χ1n) is 0. The van der Waals surface area contributed by atoms with Crippen LogP contribution in [0, 0.1) is 0 Å². The summed E-state index contributed by atoms with van der Waals surface area (Å²) in [6, 6.07) is 0. The van der Waals surface area contributed by atoms with Crippen molar-refractivity contribution in [1.29, 1.82) is 0 Å². The second-order valence-corrected chi connectivity index (χ2v) is 0. The normalized spacial score (nSPS) is 0. The topological polar surface area (TPSA) is 0 Å². The van der Waals surface area contributed by atoms with Crippen LogP contribution in [-0.4, -0.2) is 51.4 Å². The third-order valence-corrected chi connectivity index (χ3v) is 0. The molecule has 0 bridgehead atoms. The van der Waals surface area contributed by atoms with Gasteiger partial charge in [-0.1, -0.05) is 0 Å². The van der Waals surface area contributed by atoms with Gasteiger partial charge in [-0.2, -0.15) is 0 Å². The molecule has 0 N–H and O–H groups in total. The standard InChI is InChI=1S/3HI.K/h3*1H;. The maximum atomic E-state index is 0. The van der Waals surface area contributed by atoms with Gasteiger partial charge in [0.1, 0.15) is 0 Å². The van der Waals surface area contributed by atoms with Gasteiger partial charge in [0.15, 0.2) is 0 Å². The first-order chi connectivity index (χ1) is 0. The van der Waals surface area contributed by atoms with Crippen LogP contribution < -0.4 is 0 Å². The first-order valence-corrected chi connectivity index (χ1v) is 0. The molecule has 0 aromatic rings. The zero-order valence-electron chi connectivity index (χ0n) is 2.22. The van der Waals surface area contributed by atoms with E-state index >= 15 is 0 Å². The zero-order chi connectivity index (χ0) is 0. The molecule has 0 saturated carbocycles. The SMILES string of the molecule is I.I.I.[K]. The van der Waals surface area contributed by atoms with E-state index in [0.29, 0.717) is 0 Å². The molecule has 0 unspecified atom stereocenters. The molecule has 0 atom stereocenters. The summed E-state index contributed by atoms with van der Waals surface area (Å²) >= 11 is 0. The van der Waals surface area contributed by atoms with Crippen LogP contribution in [0.15, 0.2) is 0 Å². The molecule has 0 heterocycles. The predicted octanol–water partition coefficient (Wildman–Crippen LogP) is 1.47. The predicted molar refractivity (Wildman–Crippen MR) is 52.0 cm³/mol. The number of halogens is 3. The quantitative estimate of drug-likeness (QED) is 0.410. The van der Waals surface area contributed by atoms with Crippen LogP contribution >= 0.6 is 71.9 Å². The van der Waals surface area contributed by atoms with Crippen LogP contribution in [0.3, 0.4) is 0 Å². The fourth-order valence-corrected chi connectivity index (χ4v) is 0. The molecule has 0 saturated heterocycles. The largest absolute Gasteiger partial charge is 0.107 e. The molecule has 0 fully saturated rings. The maximum Gasteiger partial charge on any atom is 0 e. The van der Waals surface area contributed by atoms with Gasteiger partial charge in [0.25, 0.3) is 0 Å². The molecule has 0 nitrogen and oxygen atoms in total. The van der Waals surface area contributed by atoms with Crippen molar-refractivity contribution in [3.63, 3.8) is 0 Å². The summed E-state index contributed by atoms with van der Waals surface area (Å²) in [4.78, 5) is 0. The van der Waals surface area contributed by atoms with Gasteiger partial charge in [-0.15, -0.1) is 71.9 Å². The average molecular weight is 423 g/mol. The maximum absolute atomic E-state index is 0. The van der Waals surface area contributed by atoms with Crippen molar-refractivity contribution in [3.05, 3.63) is 0 Å². The summed E-state index contributed by atoms with van der Waals surface area (Å²) in [7, 11) is 0. The van der Waals surface area contributed by atoms with Crippen LogP contribution in [0.25, 0.3) is 0 Å². The van der Waals surface area contributed by atoms with Crippen molar-refractivity contribution < 1.29 is 0 Å². The minimum absolute atomic E-state index is 0. The number of hydrogen-bond acceptors (Lipinski definition) is 0. The minimum atomic E-state index is 0. The van der Waals surface area contributed by atoms with Crippen LogP contribution in [0.2, 0.25) is 0 Å². The molecule has 1 radical (unpaired) electrons. The average Bonchev–Trinajstić information content (AvgIpc) is 0. The van der Waals surface area contributed by atoms with E-state index in [1.54, 1.807) is 0 Å². The molecular formula is H3I3K. The Labute approximate surface area is 120 Å². The van der Waals surface area contributed by atoms with Gasteiger partial charge < -0.3 is 0 Å². The number of hydrogen-bond donors (Lipinski definition) is 0. The van der Waals surface area contributed by atoms with Gasteiger partial charge in [0.2, 0.25) is 0 Å². The van der Waals surface area contributed by atoms with Gasteiger partial charge >= 0.3 is 0 Å². The monoisotopic (exact) mass is 423 g/mol. The van der Waals surface area contributed by atoms with Crippen LogP contribution in [0.4, 0.5) is 0 Å². The van der Waals surface area contributed by atoms with Crippen molar-refractivity contribution in [1.82, 2.24) is 0 Å². The molecule has 0 spiro atoms. The summed E-state index contributed by atoms with van der Waals surface area (Å²) in [5.74, 6) is 0. The molecule has 0 aromatic carbocycles. The van der Waals surface area contributed by atoms with E-state index in [0.717, 1.165) is 0 Å². The summed E-state index contributed by atoms with van der Waals surface area (Å²) in [5.41, 5.74) is 0. The fourth-order valence-electron chi connectivity index (χ4n) is 0. The summed E-state index contributed by atoms with van der Waals surface area (Å²) < 4.78 is 0. The Morgan fingerprint density at radius 1 is 0.500 bits per heavy atom. The smallest absolute Gasteiger partial charge is 0 e. The zero-order valence-corrected chi connectivity index (χ0v) is 12.3. The van der Waals surface area contributed by atoms with Gasteiger partial charge in [-0.05, 0) is 0 Å². The van der Waals surface area contributed by atoms with Gasteiger partial charge in [-0.25, -0.2) is 0 Å². The Hall–Kier alpha value is 3.83. The molecule has 0 aliphatic rings. The fraction of sp³-hybridized carbons (Fsp3) is 0. The van der Waals surface area contributed by atoms with Crippen molar-refractivity contribution >= 4 is 123 Å². The molecular weight excluding hydrogens is 420 g/mol. The van der Waals surface area contributed by atoms with Gasteiger partial charge in [-0.3, -0.25) is 0 Å². The van der Waals surface area contributed by atoms with E-state index < -0.39 is 0 Å². The third kappa shape index (κ3) is 9.27. The molecule has 4 heavy (non-hydrogen) atoms. The second-order valence-electron chi connectivity index (χ2n) is 0. The summed E-state index contributed by atoms with van der Waals surface area (Å²) in [5, 5.41) is 0. The Kier molecular flexibility index (Phi) is 98.6. The Bertz CT molecular complexity index is 3.25. The third-order valence-electron chi connectivity index (χ3n) is 0. The van der Waals surface area contributed by atoms with Crippen molar-refractivity contribution in [3.8, 4) is 0 Å². The van der Waals surface area contributed by atoms with Crippen LogP contribution in [0.1, 0.15) is 0 Å². The summed E-state index contributed by atoms with van der Waals surface area (Å²) in [6.45, 7) is 0. The van der Waals surface area contributed by atoms with E-state index in [2.05, 4.69) is 0 Å². The van der Waals surface area contributed by atoms with E-state index in [4.69, 9.17) is 0 Å². The Morgan fingerprint density at radius 3 is 0.500 bits per heavy atom. The van der Waals surface area contributed by atoms with Gasteiger partial charge in [0.05, 0.1) is 0 Å². The number of rotatable bonds is 0. The molecule has 0 amide bonds. The second kappa shape index (κ2) is 15.8. The Balaban J connectivity index is 0. The molecule has 25 valence electrons. The van der Waals surface area contributed by atoms with E-state index in [1.807, 2.05) is 0 Å². The molecule has 0 aromatic heterocycles. The van der Waals surface area contributed by atoms with Crippen LogP contribution in [-0.2, 0) is 0 Å². The van der Waals surface area contributed by atoms with Crippen LogP contribution in [0.5, 0.6) is 0 Å². The Morgan fingerprint density at radius 2 is 0.500 bits per heavy atom. The molecule has 4 heteroatoms. The van der Waals surface area contributed by atoms with Crippen molar-refractivity contribution in [2.75, 3.05) is 0 Å². The van der Waals surface area contributed by atoms with Gasteiger partial charge in [0, 0.05) is 51.4 Å². The van der Waals surface area contributed by atoms with Crippen molar-refractivity contribution in [2.24, 2.45) is 0 Å². The van der Waals surface area contributed by atoms with Crippen molar-refractivity contribution in [2.45, 2.75) is 0 Å². The summed E-state index contributed by atoms with van der Waals surface area (Å²) in [6.07, 6.45) is 0. The minimum Gasteiger partial charge on any atom is -0.107 e. The van der Waals surface area contributed by atoms with E-state index in [-0.39, 0.29) is 123 Å². The molecule has 0 aliphatic heterocycles.